The van der Waals surface area contributed by atoms with Crippen molar-refractivity contribution in [2.24, 2.45) is 21.7 Å². The van der Waals surface area contributed by atoms with E-state index in [0.29, 0.717) is 5.92 Å². The highest BCUT2D eigenvalue weighted by Crippen LogP contribution is 2.53. The van der Waals surface area contributed by atoms with Crippen LogP contribution in [-0.2, 0) is 12.8 Å². The molecule has 8 aliphatic heterocycles. The average molecular weight is 1350 g/mol. The molecule has 0 fully saturated rings. The van der Waals surface area contributed by atoms with Gasteiger partial charge >= 0.3 is 0 Å². The zero-order valence-corrected chi connectivity index (χ0v) is 66.3. The maximum Gasteiger partial charge on any atom is 0.140 e. The lowest BCUT2D eigenvalue weighted by atomic mass is 9.79. The van der Waals surface area contributed by atoms with Crippen LogP contribution < -0.4 is 38.5 Å². The number of ether oxygens (including phenoxy) is 4. The summed E-state index contributed by atoms with van der Waals surface area (Å²) in [4.78, 5) is 9.68. The van der Waals surface area contributed by atoms with Crippen molar-refractivity contribution in [3.63, 3.8) is 0 Å². The van der Waals surface area contributed by atoms with E-state index in [1.165, 1.54) is 116 Å². The molecule has 534 valence electrons. The van der Waals surface area contributed by atoms with E-state index in [-0.39, 0.29) is 32.7 Å². The zero-order valence-electron chi connectivity index (χ0n) is 66.3. The number of aryl methyl sites for hydroxylation is 1. The number of nitrogens with zero attached hydrogens (tertiary/aromatic N) is 4. The predicted molar refractivity (Wildman–Crippen MR) is 434 cm³/mol. The first-order valence-corrected chi connectivity index (χ1v) is 37.3. The predicted octanol–water partition coefficient (Wildman–Crippen LogP) is 24.8. The van der Waals surface area contributed by atoms with Gasteiger partial charge in [0.05, 0.1) is 5.54 Å². The lowest BCUT2D eigenvalue weighted by molar-refractivity contribution is 0.288. The Bertz CT molecular complexity index is 4150. The molecule has 0 spiro atoms. The lowest BCUT2D eigenvalue weighted by Gasteiger charge is -2.46. The van der Waals surface area contributed by atoms with Gasteiger partial charge in [-0.15, -0.1) is 0 Å². The molecular formula is C92H122N4O4. The molecule has 0 aromatic heterocycles. The van der Waals surface area contributed by atoms with Gasteiger partial charge in [0, 0.05) is 142 Å². The molecule has 0 aliphatic carbocycles. The van der Waals surface area contributed by atoms with Gasteiger partial charge in [-0.1, -0.05) is 169 Å². The Morgan fingerprint density at radius 3 is 1.43 bits per heavy atom. The molecule has 4 aromatic carbocycles. The van der Waals surface area contributed by atoms with E-state index in [4.69, 9.17) is 18.9 Å². The second-order valence-corrected chi connectivity index (χ2v) is 33.6. The molecule has 0 saturated carbocycles. The van der Waals surface area contributed by atoms with E-state index in [0.717, 1.165) is 83.1 Å². The molecule has 0 radical (unpaired) electrons. The Labute approximate surface area is 605 Å². The minimum Gasteiger partial charge on any atom is -0.460 e. The molecule has 1 atom stereocenters. The smallest absolute Gasteiger partial charge is 0.140 e. The first-order valence-electron chi connectivity index (χ1n) is 37.3. The molecule has 0 bridgehead atoms. The minimum absolute atomic E-state index is 0.00366. The van der Waals surface area contributed by atoms with Crippen LogP contribution in [0.1, 0.15) is 236 Å². The lowest BCUT2D eigenvalue weighted by Crippen LogP contribution is -2.45. The number of anilines is 4. The van der Waals surface area contributed by atoms with Crippen LogP contribution in [0, 0.1) is 21.7 Å². The highest BCUT2D eigenvalue weighted by Gasteiger charge is 2.39. The van der Waals surface area contributed by atoms with Crippen LogP contribution in [0.15, 0.2) is 175 Å². The van der Waals surface area contributed by atoms with Gasteiger partial charge in [-0.2, -0.15) is 0 Å². The number of hydrogen-bond donors (Lipinski definition) is 0. The Balaban J connectivity index is 0.000000156. The van der Waals surface area contributed by atoms with E-state index in [2.05, 4.69) is 338 Å². The number of fused-ring (bicyclic) bond motifs is 7. The van der Waals surface area contributed by atoms with E-state index in [9.17, 15) is 0 Å². The van der Waals surface area contributed by atoms with E-state index in [1.54, 1.807) is 0 Å². The maximum absolute atomic E-state index is 6.55. The van der Waals surface area contributed by atoms with Gasteiger partial charge in [-0.05, 0) is 208 Å². The zero-order chi connectivity index (χ0) is 73.2. The van der Waals surface area contributed by atoms with Gasteiger partial charge in [0.1, 0.15) is 46.0 Å². The summed E-state index contributed by atoms with van der Waals surface area (Å²) in [5.41, 5.74) is 22.0. The van der Waals surface area contributed by atoms with E-state index < -0.39 is 0 Å². The summed E-state index contributed by atoms with van der Waals surface area (Å²) >= 11 is 0. The van der Waals surface area contributed by atoms with E-state index >= 15 is 0 Å². The third kappa shape index (κ3) is 16.6. The van der Waals surface area contributed by atoms with Gasteiger partial charge < -0.3 is 38.5 Å². The van der Waals surface area contributed by atoms with Crippen LogP contribution in [0.5, 0.6) is 23.0 Å². The van der Waals surface area contributed by atoms with Crippen molar-refractivity contribution >= 4 is 50.6 Å². The topological polar surface area (TPSA) is 49.9 Å². The van der Waals surface area contributed by atoms with Crippen molar-refractivity contribution in [1.29, 1.82) is 0 Å². The second kappa shape index (κ2) is 30.2. The number of allylic oxidation sites excluding steroid dienone is 25. The van der Waals surface area contributed by atoms with Crippen molar-refractivity contribution in [2.45, 2.75) is 215 Å². The fourth-order valence-electron chi connectivity index (χ4n) is 14.5. The summed E-state index contributed by atoms with van der Waals surface area (Å²) in [5.74, 6) is 8.64. The number of rotatable bonds is 7. The van der Waals surface area contributed by atoms with Crippen LogP contribution in [-0.4, -0.2) is 51.4 Å². The molecule has 0 N–H and O–H groups in total. The summed E-state index contributed by atoms with van der Waals surface area (Å²) < 4.78 is 25.6. The third-order valence-electron chi connectivity index (χ3n) is 20.7. The van der Waals surface area contributed by atoms with Gasteiger partial charge in [0.25, 0.3) is 0 Å². The van der Waals surface area contributed by atoms with Gasteiger partial charge in [-0.3, -0.25) is 0 Å². The summed E-state index contributed by atoms with van der Waals surface area (Å²) in [6.45, 7) is 57.1. The van der Waals surface area contributed by atoms with Crippen molar-refractivity contribution in [3.05, 3.63) is 219 Å². The fourth-order valence-corrected chi connectivity index (χ4v) is 14.5. The van der Waals surface area contributed by atoms with Crippen LogP contribution in [0.3, 0.4) is 0 Å². The molecule has 8 heterocycles. The molecule has 0 amide bonds. The Morgan fingerprint density at radius 2 is 0.950 bits per heavy atom. The van der Waals surface area contributed by atoms with Gasteiger partial charge in [-0.25, -0.2) is 0 Å². The summed E-state index contributed by atoms with van der Waals surface area (Å²) in [5, 5.41) is 0. The van der Waals surface area contributed by atoms with Crippen molar-refractivity contribution in [2.75, 3.05) is 59.9 Å². The molecule has 1 unspecified atom stereocenters. The van der Waals surface area contributed by atoms with Crippen LogP contribution >= 0.6 is 0 Å². The summed E-state index contributed by atoms with van der Waals surface area (Å²) in [6, 6.07) is 18.0. The molecule has 8 nitrogen and oxygen atoms in total. The number of likely N-dealkylation sites (N-methyl/N-ethyl adjacent to an activating group) is 1. The first kappa shape index (κ1) is 76.1. The molecule has 12 rings (SSSR count). The van der Waals surface area contributed by atoms with Crippen molar-refractivity contribution in [1.82, 2.24) is 0 Å². The highest BCUT2D eigenvalue weighted by molar-refractivity contribution is 5.91. The SMILES string of the molecule is C/C=C/C=C1\C=C(C(C)(C)C)Oc2c1cc1c3c2CCCN3CCC1.C/C=C/C=C1\C=C(C(C)(C)C)Oc2cc(N(CC)CC)ccc21.C/C=C/C=C1\C=C(C(C)(C)C)Oc2cc3c(cc21)C(C)=CC(C)(C)N3C.C/C=C/C=C1\C=C(C(C)(C)C)Oc2cc3c(cc21)C(C)CC(C)(C)N3C. The Morgan fingerprint density at radius 1 is 0.510 bits per heavy atom. The molecular weight excluding hydrogens is 1230 g/mol. The van der Waals surface area contributed by atoms with Gasteiger partial charge in [0.15, 0.2) is 0 Å². The molecule has 100 heavy (non-hydrogen) atoms. The van der Waals surface area contributed by atoms with Crippen LogP contribution in [0.4, 0.5) is 22.7 Å². The molecule has 8 aliphatic rings. The van der Waals surface area contributed by atoms with E-state index in [1.807, 2.05) is 13.8 Å². The van der Waals surface area contributed by atoms with Crippen LogP contribution in [0.2, 0.25) is 0 Å². The standard InChI is InChI=1S/C24H33NO.C24H31NO.C23H29NO.C21H29NO/c2*1-9-10-11-17-12-22(23(3,4)5)26-21-14-20-18(13-19(17)21)16(2)15-24(6,7)25(20)8;1-5-6-9-16-15-20(23(2,3)4)25-22-18-11-8-13-24-12-7-10-17(21(18)24)14-19(16)22;1-7-10-11-16-14-20(21(4,5)6)23-19-15-17(12-13-18(16)19)22(8-2)9-3/h9-14,16H,15H2,1-8H3;9-15H,1-8H3;5-6,9,14-15H,7-8,10-13H2,1-4H3;7,10-15H,8-9H2,1-6H3/b2*10-9+,17-11+;6-5+,16-9+;10-7+,16-11+. The molecule has 0 saturated heterocycles. The quantitative estimate of drug-likeness (QED) is 0.181. The Kier molecular flexibility index (Phi) is 23.0. The normalized spacial score (nSPS) is 20.4. The van der Waals surface area contributed by atoms with Crippen molar-refractivity contribution in [3.8, 4) is 23.0 Å². The fraction of sp³-hybridized carbons (Fsp3) is 0.457. The third-order valence-corrected chi connectivity index (χ3v) is 20.7. The molecule has 4 aromatic rings. The summed E-state index contributed by atoms with van der Waals surface area (Å²) in [7, 11) is 4.37. The average Bonchev–Trinajstić information content (AvgIpc) is 0.754. The highest BCUT2D eigenvalue weighted by atomic mass is 16.5. The second-order valence-electron chi connectivity index (χ2n) is 33.6. The molecule has 8 heteroatoms. The monoisotopic (exact) mass is 1350 g/mol. The van der Waals surface area contributed by atoms with Crippen molar-refractivity contribution < 1.29 is 18.9 Å². The first-order chi connectivity index (χ1) is 47.0. The summed E-state index contributed by atoms with van der Waals surface area (Å²) in [6.07, 6.45) is 42.6. The largest absolute Gasteiger partial charge is 0.460 e. The Hall–Kier alpha value is -8.10. The van der Waals surface area contributed by atoms with Gasteiger partial charge in [0.2, 0.25) is 0 Å². The number of benzene rings is 4. The minimum atomic E-state index is -0.0381. The maximum atomic E-state index is 6.55. The van der Waals surface area contributed by atoms with Crippen LogP contribution in [0.25, 0.3) is 27.9 Å². The number of hydrogen-bond acceptors (Lipinski definition) is 8.